The van der Waals surface area contributed by atoms with E-state index in [0.717, 1.165) is 135 Å². The Morgan fingerprint density at radius 2 is 0.614 bits per heavy atom. The number of aromatic hydroxyl groups is 4. The van der Waals surface area contributed by atoms with Gasteiger partial charge < -0.3 is 88.0 Å². The minimum Gasteiger partial charge on any atom is -0.510 e. The van der Waals surface area contributed by atoms with Gasteiger partial charge in [0.1, 0.15) is 58.0 Å². The molecule has 12 aromatic carbocycles. The molecule has 6 aromatic heterocycles. The van der Waals surface area contributed by atoms with Crippen LogP contribution in [-0.2, 0) is 95.1 Å². The zero-order chi connectivity index (χ0) is 93.6. The molecular formula is C114H96N16O6Pt4. The topological polar surface area (TPSA) is 193 Å². The molecule has 0 radical (unpaired) electrons. The maximum Gasteiger partial charge on any atom is 2.00 e. The van der Waals surface area contributed by atoms with E-state index in [2.05, 4.69) is 133 Å². The van der Waals surface area contributed by atoms with Gasteiger partial charge in [-0.25, -0.2) is 19.9 Å². The van der Waals surface area contributed by atoms with E-state index in [1.54, 1.807) is 48.5 Å². The summed E-state index contributed by atoms with van der Waals surface area (Å²) in [6.07, 6.45) is 15.9. The Bertz CT molecular complexity index is 7530. The molecule has 4 N–H and O–H groups in total. The molecule has 0 unspecified atom stereocenters. The number of hydrogen-bond acceptors (Lipinski definition) is 20. The second-order valence-electron chi connectivity index (χ2n) is 33.9. The van der Waals surface area contributed by atoms with Gasteiger partial charge >= 0.3 is 84.3 Å². The van der Waals surface area contributed by atoms with Gasteiger partial charge in [-0.2, -0.15) is 54.1 Å². The average Bonchev–Trinajstić information content (AvgIpc) is 1.56. The van der Waals surface area contributed by atoms with Gasteiger partial charge in [0.25, 0.3) is 0 Å². The Balaban J connectivity index is 0.000000140. The number of ether oxygens (including phenoxy) is 2. The van der Waals surface area contributed by atoms with Crippen LogP contribution in [0.25, 0.3) is 55.2 Å². The number of rotatable bonds is 20. The number of phenols is 4. The minimum atomic E-state index is -0.446. The van der Waals surface area contributed by atoms with Crippen molar-refractivity contribution in [1.82, 2.24) is 48.7 Å². The second-order valence-corrected chi connectivity index (χ2v) is 33.9. The maximum atomic E-state index is 10.6. The quantitative estimate of drug-likeness (QED) is 0.0526. The van der Waals surface area contributed by atoms with Crippen LogP contribution in [0.2, 0.25) is 0 Å². The monoisotopic (exact) mass is 2560 g/mol. The largest absolute Gasteiger partial charge is 2.00 e. The zero-order valence-electron chi connectivity index (χ0n) is 77.3. The smallest absolute Gasteiger partial charge is 0.510 e. The van der Waals surface area contributed by atoms with E-state index in [-0.39, 0.29) is 102 Å². The van der Waals surface area contributed by atoms with E-state index in [1.807, 2.05) is 373 Å². The van der Waals surface area contributed by atoms with Crippen molar-refractivity contribution in [3.05, 3.63) is 463 Å². The van der Waals surface area contributed by atoms with Crippen LogP contribution in [0.4, 0.5) is 57.7 Å². The van der Waals surface area contributed by atoms with E-state index in [1.165, 1.54) is 0 Å². The van der Waals surface area contributed by atoms with Crippen molar-refractivity contribution in [3.63, 3.8) is 0 Å². The fourth-order valence-electron chi connectivity index (χ4n) is 16.9. The summed E-state index contributed by atoms with van der Waals surface area (Å²) in [5.74, 6) is 8.94. The molecule has 10 heterocycles. The van der Waals surface area contributed by atoms with Crippen molar-refractivity contribution in [3.8, 4) is 57.6 Å². The molecule has 708 valence electrons. The normalized spacial score (nSPS) is 13.0. The van der Waals surface area contributed by atoms with E-state index in [4.69, 9.17) is 29.4 Å². The number of hydrogen-bond donors (Lipinski definition) is 4. The average molecular weight is 2570 g/mol. The van der Waals surface area contributed by atoms with Crippen molar-refractivity contribution < 1.29 is 114 Å². The fourth-order valence-corrected chi connectivity index (χ4v) is 16.9. The van der Waals surface area contributed by atoms with Gasteiger partial charge in [-0.05, 0) is 221 Å². The summed E-state index contributed by atoms with van der Waals surface area (Å²) >= 11 is 0. The first-order valence-electron chi connectivity index (χ1n) is 44.4. The molecule has 22 rings (SSSR count). The summed E-state index contributed by atoms with van der Waals surface area (Å²) in [5, 5.41) is 45.8. The third-order valence-corrected chi connectivity index (χ3v) is 23.8. The van der Waals surface area contributed by atoms with E-state index < -0.39 is 10.8 Å². The molecule has 22 nitrogen and oxygen atoms in total. The Morgan fingerprint density at radius 3 is 1.04 bits per heavy atom. The molecule has 0 bridgehead atoms. The van der Waals surface area contributed by atoms with Crippen LogP contribution < -0.4 is 38.9 Å². The number of aromatic nitrogens is 6. The molecule has 0 saturated heterocycles. The first-order valence-corrected chi connectivity index (χ1v) is 44.4. The molecule has 18 aromatic rings. The van der Waals surface area contributed by atoms with Crippen LogP contribution in [0.3, 0.4) is 0 Å². The van der Waals surface area contributed by atoms with Crippen LogP contribution in [0.15, 0.2) is 389 Å². The summed E-state index contributed by atoms with van der Waals surface area (Å²) in [7, 11) is 7.94. The molecule has 0 amide bonds. The molecule has 0 saturated carbocycles. The molecule has 0 aliphatic carbocycles. The van der Waals surface area contributed by atoms with E-state index in [0.29, 0.717) is 28.7 Å². The predicted octanol–water partition coefficient (Wildman–Crippen LogP) is 25.1. The number of para-hydroxylation sites is 10. The first kappa shape index (κ1) is 99.8. The van der Waals surface area contributed by atoms with Crippen molar-refractivity contribution in [2.75, 3.05) is 57.6 Å². The van der Waals surface area contributed by atoms with Crippen molar-refractivity contribution in [1.29, 1.82) is 0 Å². The van der Waals surface area contributed by atoms with E-state index in [9.17, 15) is 20.4 Å². The summed E-state index contributed by atoms with van der Waals surface area (Å²) < 4.78 is 16.1. The van der Waals surface area contributed by atoms with Crippen molar-refractivity contribution in [2.24, 2.45) is 0 Å². The first-order chi connectivity index (χ1) is 66.2. The maximum absolute atomic E-state index is 10.6. The van der Waals surface area contributed by atoms with Crippen LogP contribution in [0, 0.1) is 50.9 Å². The second kappa shape index (κ2) is 44.0. The van der Waals surface area contributed by atoms with Crippen molar-refractivity contribution in [2.45, 2.75) is 38.5 Å². The molecule has 0 fully saturated rings. The standard InChI is InChI=1S/C30H26N4O.C30H28N4O.C27H20N4O2.C27H22N4O2.4Pt/c1-30(2,24-10-5-7-12-27(24)35)21-15-16-23-22-9-4-6-11-25(22)34(26(23)19-21)29-14-8-13-28(31-29)33-18-17-32(3)20-33;1-30(2,26-15-7-8-16-27(26)35)23-11-9-14-25(21-23)34(24-12-5-4-6-13-24)29-18-10-17-28(31-29)33-20-19-32(3)22-33;1-29-15-16-30(18-29)26-11-6-12-27(28-26)31-22-8-3-2-7-20(22)21-14-13-19(17-23(21)31)33-25-10-5-4-9-24(25)32;1-29-17-18-30(20-29)26-15-8-16-27(28-26)31(21-9-3-2-4-10-21)22-11-7-12-23(19-22)33-25-14-6-5-13-24(25)32;;;;/h4-18,20,35H,1-3H3;4-20,22,35H,1-3H3;2-16,18,32H,1H3;2-18,20,32H,1H3;;;;/q4*-2;4*+2. The number of nitrogens with zero attached hydrogens (tertiary/aromatic N) is 16. The number of benzene rings is 12. The molecule has 26 heteroatoms. The molecule has 140 heavy (non-hydrogen) atoms. The molecular weight excluding hydrogens is 2470 g/mol. The Labute approximate surface area is 872 Å². The number of pyridine rings is 4. The number of anilines is 10. The van der Waals surface area contributed by atoms with Gasteiger partial charge in [0.2, 0.25) is 0 Å². The summed E-state index contributed by atoms with van der Waals surface area (Å²) in [6, 6.07) is 124. The fraction of sp³-hybridized carbons (Fsp3) is 0.0877. The van der Waals surface area contributed by atoms with Crippen LogP contribution >= 0.6 is 0 Å². The minimum absolute atomic E-state index is 0. The Morgan fingerprint density at radius 1 is 0.279 bits per heavy atom. The molecule has 0 atom stereocenters. The van der Waals surface area contributed by atoms with Gasteiger partial charge in [-0.1, -0.05) is 208 Å². The van der Waals surface area contributed by atoms with E-state index >= 15 is 0 Å². The van der Waals surface area contributed by atoms with Gasteiger partial charge in [0.05, 0.1) is 0 Å². The summed E-state index contributed by atoms with van der Waals surface area (Å²) in [5.41, 5.74) is 10.3. The predicted molar refractivity (Wildman–Crippen MR) is 542 cm³/mol. The van der Waals surface area contributed by atoms with Gasteiger partial charge in [0.15, 0.2) is 23.0 Å². The van der Waals surface area contributed by atoms with Gasteiger partial charge in [-0.3, -0.25) is 0 Å². The van der Waals surface area contributed by atoms with Gasteiger partial charge in [0, 0.05) is 45.0 Å². The number of phenolic OH excluding ortho intramolecular Hbond substituents is 4. The summed E-state index contributed by atoms with van der Waals surface area (Å²) in [6.45, 7) is 16.4. The third-order valence-electron chi connectivity index (χ3n) is 23.8. The molecule has 4 aliphatic rings. The van der Waals surface area contributed by atoms with Crippen molar-refractivity contribution >= 4 is 101 Å². The third kappa shape index (κ3) is 21.5. The summed E-state index contributed by atoms with van der Waals surface area (Å²) in [4.78, 5) is 39.9. The van der Waals surface area contributed by atoms with Crippen LogP contribution in [0.1, 0.15) is 49.9 Å². The zero-order valence-corrected chi connectivity index (χ0v) is 86.4. The SMILES string of the molecule is CN1C=CN(c2cccc(-n3c4[c-]c(C(C)(C)c5ccccc5O)ccc4c4ccccc43)n2)[CH-]1.CN1C=CN(c2cccc(-n3c4[c-]c(Oc5ccccc5O)ccc4c4ccccc43)n2)[CH-]1.CN1C=CN(c2cccc(N(c3[c-]c(C(C)(C)c4ccccc4O)ccc3)c3ccccc3)n2)[CH-]1.CN1C=CN(c2cccc(N(c3[c-]c(Oc4ccccc4O)ccc3)c3ccccc3)n2)[CH-]1.[Pt+2].[Pt+2].[Pt+2].[Pt+2]. The van der Waals surface area contributed by atoms with Crippen LogP contribution in [0.5, 0.6) is 46.0 Å². The van der Waals surface area contributed by atoms with Crippen LogP contribution in [-0.4, -0.2) is 97.3 Å². The Kier molecular flexibility index (Phi) is 31.4. The Hall–Kier alpha value is -14.6. The molecule has 0 spiro atoms. The molecule has 4 aliphatic heterocycles. The van der Waals surface area contributed by atoms with Gasteiger partial charge in [-0.15, -0.1) is 79.4 Å². The number of fused-ring (bicyclic) bond motifs is 6.